The monoisotopic (exact) mass is 388 g/mol. The fraction of sp³-hybridized carbons (Fsp3) is 0.278. The van der Waals surface area contributed by atoms with Crippen molar-refractivity contribution in [1.29, 1.82) is 0 Å². The van der Waals surface area contributed by atoms with E-state index in [4.69, 9.17) is 4.74 Å². The number of imidazole rings is 1. The van der Waals surface area contributed by atoms with E-state index in [9.17, 15) is 13.6 Å². The zero-order valence-electron chi connectivity index (χ0n) is 15.2. The average Bonchev–Trinajstić information content (AvgIpc) is 3.40. The van der Waals surface area contributed by atoms with Gasteiger partial charge in [-0.2, -0.15) is 0 Å². The van der Waals surface area contributed by atoms with Crippen LogP contribution in [0.4, 0.5) is 26.0 Å². The number of halogens is 2. The molecule has 0 aliphatic heterocycles. The maximum atomic E-state index is 14.3. The third-order valence-electron chi connectivity index (χ3n) is 4.41. The second kappa shape index (κ2) is 6.95. The molecule has 1 aliphatic rings. The second-order valence-corrected chi connectivity index (χ2v) is 6.38. The van der Waals surface area contributed by atoms with Gasteiger partial charge in [0, 0.05) is 19.2 Å². The number of anilines is 3. The maximum absolute atomic E-state index is 14.3. The van der Waals surface area contributed by atoms with E-state index in [-0.39, 0.29) is 34.9 Å². The van der Waals surface area contributed by atoms with Crippen molar-refractivity contribution in [1.82, 2.24) is 19.9 Å². The minimum atomic E-state index is -1.09. The molecule has 3 aromatic rings. The van der Waals surface area contributed by atoms with Gasteiger partial charge in [0.2, 0.25) is 0 Å². The van der Waals surface area contributed by atoms with Gasteiger partial charge in [-0.05, 0) is 25.0 Å². The molecule has 1 amide bonds. The molecular formula is C18H18F2N6O2. The molecule has 0 bridgehead atoms. The number of aromatic nitrogens is 3. The van der Waals surface area contributed by atoms with Gasteiger partial charge in [0.15, 0.2) is 28.8 Å². The van der Waals surface area contributed by atoms with E-state index in [2.05, 4.69) is 26.0 Å². The van der Waals surface area contributed by atoms with Crippen LogP contribution in [-0.2, 0) is 0 Å². The number of ether oxygens (including phenoxy) is 1. The molecule has 1 saturated carbocycles. The van der Waals surface area contributed by atoms with E-state index in [0.29, 0.717) is 11.3 Å². The van der Waals surface area contributed by atoms with E-state index in [1.165, 1.54) is 23.9 Å². The van der Waals surface area contributed by atoms with E-state index >= 15 is 0 Å². The number of fused-ring (bicyclic) bond motifs is 1. The average molecular weight is 388 g/mol. The number of carbonyl (C=O) groups is 1. The highest BCUT2D eigenvalue weighted by Crippen LogP contribution is 2.32. The number of methoxy groups -OCH3 is 1. The minimum Gasteiger partial charge on any atom is -0.494 e. The number of benzene rings is 1. The van der Waals surface area contributed by atoms with Crippen molar-refractivity contribution in [3.05, 3.63) is 41.7 Å². The van der Waals surface area contributed by atoms with Crippen molar-refractivity contribution in [2.45, 2.75) is 18.9 Å². The number of rotatable bonds is 6. The summed E-state index contributed by atoms with van der Waals surface area (Å²) in [7, 11) is 3.03. The first-order valence-corrected chi connectivity index (χ1v) is 8.68. The van der Waals surface area contributed by atoms with Crippen LogP contribution in [0.3, 0.4) is 0 Å². The van der Waals surface area contributed by atoms with E-state index < -0.39 is 11.6 Å². The number of nitrogens with one attached hydrogen (secondary N) is 3. The lowest BCUT2D eigenvalue weighted by Gasteiger charge is -2.14. The molecule has 8 nitrogen and oxygen atoms in total. The Labute approximate surface area is 158 Å². The van der Waals surface area contributed by atoms with Crippen LogP contribution in [0.5, 0.6) is 5.75 Å². The van der Waals surface area contributed by atoms with Crippen molar-refractivity contribution in [2.24, 2.45) is 0 Å². The molecule has 4 rings (SSSR count). The van der Waals surface area contributed by atoms with Crippen molar-refractivity contribution in [2.75, 3.05) is 24.8 Å². The molecule has 28 heavy (non-hydrogen) atoms. The Bertz CT molecular complexity index is 1060. The van der Waals surface area contributed by atoms with E-state index in [1.54, 1.807) is 13.1 Å². The molecule has 2 heterocycles. The lowest BCUT2D eigenvalue weighted by molar-refractivity contribution is 0.0944. The summed E-state index contributed by atoms with van der Waals surface area (Å²) in [6, 6.07) is 4.04. The van der Waals surface area contributed by atoms with Gasteiger partial charge >= 0.3 is 0 Å². The molecule has 0 spiro atoms. The summed E-state index contributed by atoms with van der Waals surface area (Å²) in [5.74, 6) is -2.12. The normalized spacial score (nSPS) is 13.4. The van der Waals surface area contributed by atoms with E-state index in [0.717, 1.165) is 18.9 Å². The number of nitrogens with zero attached hydrogens (tertiary/aromatic N) is 3. The standard InChI is InChI=1S/C18H18F2N6O2/c1-21-11-7-14(24-16-13(28-2)6-5-10(19)15(16)20)25-26-12(8-22-17(11)26)18(27)23-9-3-4-9/h5-9,21H,3-4H2,1-2H3,(H,23,27)(H,24,25). The third kappa shape index (κ3) is 3.17. The smallest absolute Gasteiger partial charge is 0.271 e. The molecule has 1 aromatic carbocycles. The zero-order valence-corrected chi connectivity index (χ0v) is 15.2. The summed E-state index contributed by atoms with van der Waals surface area (Å²) < 4.78 is 34.4. The third-order valence-corrected chi connectivity index (χ3v) is 4.41. The molecule has 1 fully saturated rings. The molecule has 1 aliphatic carbocycles. The van der Waals surface area contributed by atoms with Crippen LogP contribution in [0.1, 0.15) is 23.3 Å². The molecule has 2 aromatic heterocycles. The van der Waals surface area contributed by atoms with Crippen LogP contribution in [-0.4, -0.2) is 40.7 Å². The Balaban J connectivity index is 1.77. The van der Waals surface area contributed by atoms with Crippen molar-refractivity contribution < 1.29 is 18.3 Å². The summed E-state index contributed by atoms with van der Waals surface area (Å²) in [4.78, 5) is 16.7. The molecule has 0 radical (unpaired) electrons. The van der Waals surface area contributed by atoms with Gasteiger partial charge in [-0.25, -0.2) is 18.3 Å². The zero-order chi connectivity index (χ0) is 19.8. The van der Waals surface area contributed by atoms with Gasteiger partial charge in [0.25, 0.3) is 5.91 Å². The van der Waals surface area contributed by atoms with Gasteiger partial charge in [-0.3, -0.25) is 4.79 Å². The van der Waals surface area contributed by atoms with Crippen LogP contribution >= 0.6 is 0 Å². The van der Waals surface area contributed by atoms with Crippen molar-refractivity contribution in [3.63, 3.8) is 0 Å². The summed E-state index contributed by atoms with van der Waals surface area (Å²) >= 11 is 0. The first-order valence-electron chi connectivity index (χ1n) is 8.68. The Kier molecular flexibility index (Phi) is 4.46. The number of hydrogen-bond acceptors (Lipinski definition) is 6. The molecule has 146 valence electrons. The van der Waals surface area contributed by atoms with Gasteiger partial charge in [0.05, 0.1) is 19.0 Å². The molecule has 0 unspecified atom stereocenters. The predicted octanol–water partition coefficient (Wildman–Crippen LogP) is 2.69. The van der Waals surface area contributed by atoms with E-state index in [1.807, 2.05) is 0 Å². The Morgan fingerprint density at radius 3 is 2.79 bits per heavy atom. The highest BCUT2D eigenvalue weighted by atomic mass is 19.2. The van der Waals surface area contributed by atoms with Crippen molar-refractivity contribution >= 4 is 28.7 Å². The van der Waals surface area contributed by atoms with Crippen LogP contribution in [0, 0.1) is 11.6 Å². The summed E-state index contributed by atoms with van der Waals surface area (Å²) in [5, 5.41) is 12.9. The van der Waals surface area contributed by atoms with Crippen LogP contribution in [0.15, 0.2) is 24.4 Å². The van der Waals surface area contributed by atoms with Gasteiger partial charge in [-0.1, -0.05) is 0 Å². The quantitative estimate of drug-likeness (QED) is 0.601. The highest BCUT2D eigenvalue weighted by Gasteiger charge is 2.26. The predicted molar refractivity (Wildman–Crippen MR) is 99.2 cm³/mol. The Morgan fingerprint density at radius 1 is 1.32 bits per heavy atom. The minimum absolute atomic E-state index is 0.115. The lowest BCUT2D eigenvalue weighted by atomic mass is 10.2. The number of hydrogen-bond donors (Lipinski definition) is 3. The molecule has 3 N–H and O–H groups in total. The first kappa shape index (κ1) is 18.0. The van der Waals surface area contributed by atoms with Gasteiger partial charge in [0.1, 0.15) is 11.4 Å². The number of amides is 1. The fourth-order valence-corrected chi connectivity index (χ4v) is 2.80. The van der Waals surface area contributed by atoms with Gasteiger partial charge < -0.3 is 20.7 Å². The van der Waals surface area contributed by atoms with Crippen LogP contribution < -0.4 is 20.7 Å². The molecular weight excluding hydrogens is 370 g/mol. The lowest BCUT2D eigenvalue weighted by Crippen LogP contribution is -2.27. The number of carbonyl (C=O) groups excluding carboxylic acids is 1. The Hall–Kier alpha value is -3.43. The second-order valence-electron chi connectivity index (χ2n) is 6.38. The molecule has 10 heteroatoms. The largest absolute Gasteiger partial charge is 0.494 e. The summed E-state index contributed by atoms with van der Waals surface area (Å²) in [6.45, 7) is 0. The molecule has 0 saturated heterocycles. The van der Waals surface area contributed by atoms with Gasteiger partial charge in [-0.15, -0.1) is 5.10 Å². The first-order chi connectivity index (χ1) is 13.5. The highest BCUT2D eigenvalue weighted by molar-refractivity contribution is 5.94. The Morgan fingerprint density at radius 2 is 2.11 bits per heavy atom. The maximum Gasteiger partial charge on any atom is 0.271 e. The molecule has 0 atom stereocenters. The van der Waals surface area contributed by atoms with Crippen LogP contribution in [0.2, 0.25) is 0 Å². The van der Waals surface area contributed by atoms with Crippen LogP contribution in [0.25, 0.3) is 5.65 Å². The van der Waals surface area contributed by atoms with Crippen molar-refractivity contribution in [3.8, 4) is 5.75 Å². The fourth-order valence-electron chi connectivity index (χ4n) is 2.80. The SMILES string of the molecule is CNc1cc(Nc2c(OC)ccc(F)c2F)nn2c(C(=O)NC3CC3)cnc12. The summed E-state index contributed by atoms with van der Waals surface area (Å²) in [5.41, 5.74) is 1.04. The summed E-state index contributed by atoms with van der Waals surface area (Å²) in [6.07, 6.45) is 3.32. The topological polar surface area (TPSA) is 92.6 Å².